The van der Waals surface area contributed by atoms with E-state index in [1.165, 1.54) is 31.7 Å². The topological polar surface area (TPSA) is 30.3 Å². The summed E-state index contributed by atoms with van der Waals surface area (Å²) < 4.78 is 13.5. The molecule has 21 heavy (non-hydrogen) atoms. The Hall–Kier alpha value is -1.44. The van der Waals surface area contributed by atoms with Crippen LogP contribution in [0, 0.1) is 17.1 Å². The van der Waals surface area contributed by atoms with Crippen molar-refractivity contribution in [3.8, 4) is 6.07 Å². The molecule has 1 aromatic rings. The summed E-state index contributed by atoms with van der Waals surface area (Å²) in [5.74, 6) is -0.311. The fraction of sp³-hybridized carbons (Fsp3) is 0.588. The molecule has 0 unspecified atom stereocenters. The van der Waals surface area contributed by atoms with E-state index in [1.54, 1.807) is 12.1 Å². The maximum atomic E-state index is 13.5. The van der Waals surface area contributed by atoms with Crippen molar-refractivity contribution in [1.82, 2.24) is 9.80 Å². The molecule has 0 radical (unpaired) electrons. The summed E-state index contributed by atoms with van der Waals surface area (Å²) in [6.45, 7) is 5.05. The lowest BCUT2D eigenvalue weighted by Crippen LogP contribution is -2.49. The zero-order valence-electron chi connectivity index (χ0n) is 12.4. The highest BCUT2D eigenvalue weighted by molar-refractivity contribution is 5.33. The van der Waals surface area contributed by atoms with Crippen LogP contribution in [-0.4, -0.2) is 42.0 Å². The van der Waals surface area contributed by atoms with Gasteiger partial charge in [-0.15, -0.1) is 0 Å². The van der Waals surface area contributed by atoms with E-state index in [4.69, 9.17) is 5.26 Å². The van der Waals surface area contributed by atoms with Gasteiger partial charge in [-0.25, -0.2) is 4.39 Å². The second kappa shape index (κ2) is 6.55. The zero-order chi connectivity index (χ0) is 14.7. The molecule has 4 heteroatoms. The third-order valence-corrected chi connectivity index (χ3v) is 4.74. The second-order valence-electron chi connectivity index (χ2n) is 6.21. The molecule has 0 atom stereocenters. The summed E-state index contributed by atoms with van der Waals surface area (Å²) in [7, 11) is 0. The predicted molar refractivity (Wildman–Crippen MR) is 80.2 cm³/mol. The highest BCUT2D eigenvalue weighted by Crippen LogP contribution is 2.24. The smallest absolute Gasteiger partial charge is 0.124 e. The molecular formula is C17H22FN3. The first kappa shape index (κ1) is 14.5. The predicted octanol–water partition coefficient (Wildman–Crippen LogP) is 2.76. The minimum atomic E-state index is -0.311. The Kier molecular flexibility index (Phi) is 4.52. The molecule has 112 valence electrons. The summed E-state index contributed by atoms with van der Waals surface area (Å²) in [5, 5.41) is 8.91. The monoisotopic (exact) mass is 287 g/mol. The van der Waals surface area contributed by atoms with Crippen LogP contribution in [0.4, 0.5) is 4.39 Å². The molecule has 1 saturated carbocycles. The first-order valence-corrected chi connectivity index (χ1v) is 7.90. The fourth-order valence-corrected chi connectivity index (χ4v) is 3.62. The van der Waals surface area contributed by atoms with Crippen molar-refractivity contribution in [3.05, 3.63) is 35.1 Å². The number of halogens is 1. The van der Waals surface area contributed by atoms with Crippen molar-refractivity contribution in [2.75, 3.05) is 26.2 Å². The van der Waals surface area contributed by atoms with Crippen LogP contribution < -0.4 is 0 Å². The lowest BCUT2D eigenvalue weighted by atomic mass is 10.1. The summed E-state index contributed by atoms with van der Waals surface area (Å²) in [6, 6.07) is 7.46. The molecule has 0 aromatic heterocycles. The van der Waals surface area contributed by atoms with E-state index in [-0.39, 0.29) is 5.82 Å². The number of hydrogen-bond acceptors (Lipinski definition) is 3. The number of nitriles is 1. The third-order valence-electron chi connectivity index (χ3n) is 4.74. The number of nitrogens with zero attached hydrogens (tertiary/aromatic N) is 3. The fourth-order valence-electron chi connectivity index (χ4n) is 3.62. The van der Waals surface area contributed by atoms with Gasteiger partial charge in [-0.1, -0.05) is 12.8 Å². The van der Waals surface area contributed by atoms with Gasteiger partial charge < -0.3 is 0 Å². The standard InChI is InChI=1S/C17H22FN3/c18-16-10-14(12-19)9-15(11-16)13-20-5-7-21(8-6-20)17-3-1-2-4-17/h9-11,17H,1-8,13H2. The van der Waals surface area contributed by atoms with Gasteiger partial charge in [0.15, 0.2) is 0 Å². The number of rotatable bonds is 3. The van der Waals surface area contributed by atoms with Crippen molar-refractivity contribution in [2.24, 2.45) is 0 Å². The van der Waals surface area contributed by atoms with Gasteiger partial charge >= 0.3 is 0 Å². The maximum absolute atomic E-state index is 13.5. The van der Waals surface area contributed by atoms with Gasteiger partial charge in [-0.05, 0) is 36.6 Å². The van der Waals surface area contributed by atoms with Crippen molar-refractivity contribution in [3.63, 3.8) is 0 Å². The van der Waals surface area contributed by atoms with Gasteiger partial charge in [0, 0.05) is 38.8 Å². The molecule has 0 N–H and O–H groups in total. The van der Waals surface area contributed by atoms with E-state index in [0.717, 1.165) is 44.3 Å². The van der Waals surface area contributed by atoms with Gasteiger partial charge in [-0.3, -0.25) is 9.80 Å². The minimum Gasteiger partial charge on any atom is -0.298 e. The molecule has 0 bridgehead atoms. The molecule has 0 spiro atoms. The molecular weight excluding hydrogens is 265 g/mol. The average molecular weight is 287 g/mol. The molecule has 2 aliphatic rings. The van der Waals surface area contributed by atoms with Crippen molar-refractivity contribution < 1.29 is 4.39 Å². The van der Waals surface area contributed by atoms with Crippen LogP contribution in [0.5, 0.6) is 0 Å². The van der Waals surface area contributed by atoms with Crippen molar-refractivity contribution in [1.29, 1.82) is 5.26 Å². The van der Waals surface area contributed by atoms with Crippen LogP contribution in [0.25, 0.3) is 0 Å². The summed E-state index contributed by atoms with van der Waals surface area (Å²) >= 11 is 0. The van der Waals surface area contributed by atoms with Gasteiger partial charge in [0.1, 0.15) is 5.82 Å². The van der Waals surface area contributed by atoms with Gasteiger partial charge in [-0.2, -0.15) is 5.26 Å². The van der Waals surface area contributed by atoms with Crippen LogP contribution in [0.15, 0.2) is 18.2 Å². The SMILES string of the molecule is N#Cc1cc(F)cc(CN2CCN(C3CCCC3)CC2)c1. The largest absolute Gasteiger partial charge is 0.298 e. The van der Waals surface area contributed by atoms with Gasteiger partial charge in [0.25, 0.3) is 0 Å². The first-order chi connectivity index (χ1) is 10.2. The molecule has 3 rings (SSSR count). The molecule has 1 aromatic carbocycles. The highest BCUT2D eigenvalue weighted by atomic mass is 19.1. The first-order valence-electron chi connectivity index (χ1n) is 7.90. The average Bonchev–Trinajstić information content (AvgIpc) is 3.01. The molecule has 2 fully saturated rings. The minimum absolute atomic E-state index is 0.311. The Morgan fingerprint density at radius 3 is 2.48 bits per heavy atom. The van der Waals surface area contributed by atoms with Crippen LogP contribution in [-0.2, 0) is 6.54 Å². The number of benzene rings is 1. The summed E-state index contributed by atoms with van der Waals surface area (Å²) in [5.41, 5.74) is 1.32. The molecule has 0 amide bonds. The molecule has 3 nitrogen and oxygen atoms in total. The zero-order valence-corrected chi connectivity index (χ0v) is 12.4. The Balaban J connectivity index is 1.55. The lowest BCUT2D eigenvalue weighted by Gasteiger charge is -2.38. The van der Waals surface area contributed by atoms with Crippen LogP contribution in [0.3, 0.4) is 0 Å². The second-order valence-corrected chi connectivity index (χ2v) is 6.21. The quantitative estimate of drug-likeness (QED) is 0.856. The molecule has 1 aliphatic carbocycles. The lowest BCUT2D eigenvalue weighted by molar-refractivity contribution is 0.0936. The van der Waals surface area contributed by atoms with Crippen LogP contribution >= 0.6 is 0 Å². The normalized spacial score (nSPS) is 21.5. The van der Waals surface area contributed by atoms with Crippen molar-refractivity contribution in [2.45, 2.75) is 38.3 Å². The number of hydrogen-bond donors (Lipinski definition) is 0. The van der Waals surface area contributed by atoms with Crippen LogP contribution in [0.1, 0.15) is 36.8 Å². The van der Waals surface area contributed by atoms with E-state index in [1.807, 2.05) is 6.07 Å². The Bertz CT molecular complexity index is 523. The molecule has 1 heterocycles. The van der Waals surface area contributed by atoms with E-state index in [0.29, 0.717) is 5.56 Å². The number of piperazine rings is 1. The van der Waals surface area contributed by atoms with Gasteiger partial charge in [0.2, 0.25) is 0 Å². The maximum Gasteiger partial charge on any atom is 0.124 e. The van der Waals surface area contributed by atoms with E-state index >= 15 is 0 Å². The van der Waals surface area contributed by atoms with Crippen LogP contribution in [0.2, 0.25) is 0 Å². The summed E-state index contributed by atoms with van der Waals surface area (Å²) in [4.78, 5) is 4.98. The van der Waals surface area contributed by atoms with Gasteiger partial charge in [0.05, 0.1) is 11.6 Å². The Morgan fingerprint density at radius 2 is 1.81 bits per heavy atom. The van der Waals surface area contributed by atoms with E-state index in [2.05, 4.69) is 9.80 Å². The van der Waals surface area contributed by atoms with E-state index in [9.17, 15) is 4.39 Å². The third kappa shape index (κ3) is 3.61. The highest BCUT2D eigenvalue weighted by Gasteiger charge is 2.26. The molecule has 1 aliphatic heterocycles. The van der Waals surface area contributed by atoms with E-state index < -0.39 is 0 Å². The summed E-state index contributed by atoms with van der Waals surface area (Å²) in [6.07, 6.45) is 5.47. The van der Waals surface area contributed by atoms with Crippen molar-refractivity contribution >= 4 is 0 Å². The Morgan fingerprint density at radius 1 is 1.10 bits per heavy atom. The molecule has 1 saturated heterocycles. The Labute approximate surface area is 126 Å².